The minimum Gasteiger partial charge on any atom is -0.350 e. The van der Waals surface area contributed by atoms with Crippen LogP contribution in [0.4, 0.5) is 0 Å². The zero-order valence-electron chi connectivity index (χ0n) is 17.5. The van der Waals surface area contributed by atoms with Gasteiger partial charge in [-0.3, -0.25) is 4.79 Å². The monoisotopic (exact) mass is 457 g/mol. The summed E-state index contributed by atoms with van der Waals surface area (Å²) in [6.45, 7) is 0.395. The molecule has 0 bridgehead atoms. The number of rotatable bonds is 7. The molecule has 4 aromatic rings. The fraction of sp³-hybridized carbons (Fsp3) is 0.286. The molecule has 2 heterocycles. The molecular formula is C21H23N5O3S2. The smallest absolute Gasteiger partial charge is 0.242 e. The van der Waals surface area contributed by atoms with Crippen LogP contribution in [-0.4, -0.2) is 47.3 Å². The predicted octanol–water partition coefficient (Wildman–Crippen LogP) is 2.68. The Morgan fingerprint density at radius 1 is 1.13 bits per heavy atom. The van der Waals surface area contributed by atoms with Gasteiger partial charge in [-0.05, 0) is 30.3 Å². The number of nitrogens with one attached hydrogen (secondary N) is 1. The minimum atomic E-state index is -3.53. The number of para-hydroxylation sites is 1. The Kier molecular flexibility index (Phi) is 5.78. The molecule has 0 aliphatic carbocycles. The molecule has 0 aliphatic heterocycles. The van der Waals surface area contributed by atoms with Gasteiger partial charge in [-0.15, -0.1) is 11.3 Å². The first-order chi connectivity index (χ1) is 14.8. The van der Waals surface area contributed by atoms with E-state index in [1.807, 2.05) is 35.9 Å². The summed E-state index contributed by atoms with van der Waals surface area (Å²) in [5.41, 5.74) is 2.35. The van der Waals surface area contributed by atoms with Gasteiger partial charge < -0.3 is 9.88 Å². The van der Waals surface area contributed by atoms with E-state index in [4.69, 9.17) is 0 Å². The van der Waals surface area contributed by atoms with Crippen LogP contribution in [0.3, 0.4) is 0 Å². The Bertz CT molecular complexity index is 1340. The van der Waals surface area contributed by atoms with Gasteiger partial charge in [-0.25, -0.2) is 22.7 Å². The highest BCUT2D eigenvalue weighted by molar-refractivity contribution is 7.89. The van der Waals surface area contributed by atoms with Gasteiger partial charge in [0.2, 0.25) is 15.9 Å². The van der Waals surface area contributed by atoms with Crippen LogP contribution in [0.2, 0.25) is 0 Å². The summed E-state index contributed by atoms with van der Waals surface area (Å²) in [6.07, 6.45) is 0.734. The number of fused-ring (bicyclic) bond motifs is 2. The summed E-state index contributed by atoms with van der Waals surface area (Å²) < 4.78 is 28.9. The second kappa shape index (κ2) is 8.37. The molecule has 0 unspecified atom stereocenters. The predicted molar refractivity (Wildman–Crippen MR) is 121 cm³/mol. The van der Waals surface area contributed by atoms with E-state index < -0.39 is 10.0 Å². The average Bonchev–Trinajstić information content (AvgIpc) is 3.30. The lowest BCUT2D eigenvalue weighted by Crippen LogP contribution is -2.23. The molecule has 4 rings (SSSR count). The maximum absolute atomic E-state index is 12.4. The lowest BCUT2D eigenvalue weighted by molar-refractivity contribution is -0.121. The molecule has 1 amide bonds. The minimum absolute atomic E-state index is 0.0813. The van der Waals surface area contributed by atoms with Gasteiger partial charge in [0.1, 0.15) is 10.8 Å². The zero-order chi connectivity index (χ0) is 22.2. The summed E-state index contributed by atoms with van der Waals surface area (Å²) in [4.78, 5) is 21.6. The fourth-order valence-electron chi connectivity index (χ4n) is 3.31. The molecule has 0 radical (unpaired) electrons. The Balaban J connectivity index is 1.42. The molecule has 2 aromatic heterocycles. The highest BCUT2D eigenvalue weighted by Gasteiger charge is 2.19. The van der Waals surface area contributed by atoms with Crippen LogP contribution in [0.1, 0.15) is 17.3 Å². The van der Waals surface area contributed by atoms with Gasteiger partial charge in [0.05, 0.1) is 32.7 Å². The first-order valence-electron chi connectivity index (χ1n) is 9.75. The van der Waals surface area contributed by atoms with Crippen molar-refractivity contribution in [1.82, 2.24) is 24.2 Å². The van der Waals surface area contributed by atoms with Gasteiger partial charge in [0, 0.05) is 34.0 Å². The number of amides is 1. The summed E-state index contributed by atoms with van der Waals surface area (Å²) in [6, 6.07) is 12.8. The Morgan fingerprint density at radius 3 is 2.65 bits per heavy atom. The molecule has 1 N–H and O–H groups in total. The maximum atomic E-state index is 12.4. The van der Waals surface area contributed by atoms with Crippen LogP contribution < -0.4 is 5.32 Å². The van der Waals surface area contributed by atoms with Crippen LogP contribution >= 0.6 is 11.3 Å². The maximum Gasteiger partial charge on any atom is 0.242 e. The third-order valence-corrected chi connectivity index (χ3v) is 7.92. The van der Waals surface area contributed by atoms with Crippen molar-refractivity contribution in [1.29, 1.82) is 0 Å². The van der Waals surface area contributed by atoms with Crippen molar-refractivity contribution in [2.45, 2.75) is 24.3 Å². The number of carbonyl (C=O) groups excluding carboxylic acids is 1. The largest absolute Gasteiger partial charge is 0.350 e. The highest BCUT2D eigenvalue weighted by atomic mass is 32.2. The van der Waals surface area contributed by atoms with E-state index in [1.165, 1.54) is 18.4 Å². The second-order valence-corrected chi connectivity index (χ2v) is 10.6. The molecule has 8 nitrogen and oxygen atoms in total. The van der Waals surface area contributed by atoms with E-state index in [2.05, 4.69) is 15.3 Å². The third-order valence-electron chi connectivity index (χ3n) is 5.07. The third kappa shape index (κ3) is 4.32. The fourth-order valence-corrected chi connectivity index (χ4v) is 5.14. The van der Waals surface area contributed by atoms with Crippen LogP contribution in [0.5, 0.6) is 0 Å². The number of hydrogen-bond donors (Lipinski definition) is 1. The van der Waals surface area contributed by atoms with Gasteiger partial charge in [0.15, 0.2) is 0 Å². The van der Waals surface area contributed by atoms with Crippen molar-refractivity contribution in [3.63, 3.8) is 0 Å². The zero-order valence-corrected chi connectivity index (χ0v) is 19.1. The number of hydrogen-bond acceptors (Lipinski definition) is 6. The lowest BCUT2D eigenvalue weighted by Gasteiger charge is -2.10. The highest BCUT2D eigenvalue weighted by Crippen LogP contribution is 2.23. The lowest BCUT2D eigenvalue weighted by atomic mass is 10.3. The summed E-state index contributed by atoms with van der Waals surface area (Å²) in [5.74, 6) is 0.645. The first kappa shape index (κ1) is 21.4. The normalized spacial score (nSPS) is 12.1. The van der Waals surface area contributed by atoms with Gasteiger partial charge >= 0.3 is 0 Å². The van der Waals surface area contributed by atoms with Gasteiger partial charge in [-0.1, -0.05) is 12.1 Å². The number of nitrogens with zero attached hydrogens (tertiary/aromatic N) is 4. The number of aromatic nitrogens is 3. The topological polar surface area (TPSA) is 97.2 Å². The Hall–Kier alpha value is -2.82. The van der Waals surface area contributed by atoms with E-state index in [9.17, 15) is 13.2 Å². The van der Waals surface area contributed by atoms with Crippen LogP contribution in [0.25, 0.3) is 21.3 Å². The van der Waals surface area contributed by atoms with Crippen LogP contribution in [0, 0.1) is 0 Å². The van der Waals surface area contributed by atoms with Crippen molar-refractivity contribution >= 4 is 48.5 Å². The Labute approximate surface area is 184 Å². The molecule has 2 aromatic carbocycles. The molecular weight excluding hydrogens is 434 g/mol. The molecule has 0 spiro atoms. The summed E-state index contributed by atoms with van der Waals surface area (Å²) in [5, 5.41) is 3.78. The van der Waals surface area contributed by atoms with Gasteiger partial charge in [0.25, 0.3) is 0 Å². The SMILES string of the molecule is CN(C)S(=O)(=O)c1ccc2c(c1)nc(CCC(=O)NCc1nc3ccccc3s1)n2C. The van der Waals surface area contributed by atoms with E-state index in [1.54, 1.807) is 29.5 Å². The van der Waals surface area contributed by atoms with Crippen molar-refractivity contribution in [2.24, 2.45) is 7.05 Å². The number of benzene rings is 2. The number of aryl methyl sites for hydroxylation is 2. The molecule has 0 atom stereocenters. The summed E-state index contributed by atoms with van der Waals surface area (Å²) in [7, 11) is 1.33. The molecule has 162 valence electrons. The number of imidazole rings is 1. The van der Waals surface area contributed by atoms with Crippen molar-refractivity contribution in [3.8, 4) is 0 Å². The Morgan fingerprint density at radius 2 is 1.90 bits per heavy atom. The summed E-state index contributed by atoms with van der Waals surface area (Å²) >= 11 is 1.57. The van der Waals surface area contributed by atoms with E-state index in [-0.39, 0.29) is 17.2 Å². The van der Waals surface area contributed by atoms with Gasteiger partial charge in [-0.2, -0.15) is 0 Å². The number of sulfonamides is 1. The van der Waals surface area contributed by atoms with E-state index >= 15 is 0 Å². The van der Waals surface area contributed by atoms with E-state index in [0.29, 0.717) is 18.5 Å². The standard InChI is InChI=1S/C21H23N5O3S2/c1-25(2)31(28,29)14-8-9-17-16(12-14)23-19(26(17)3)10-11-20(27)22-13-21-24-15-6-4-5-7-18(15)30-21/h4-9,12H,10-11,13H2,1-3H3,(H,22,27). The quantitative estimate of drug-likeness (QED) is 0.460. The van der Waals surface area contributed by atoms with E-state index in [0.717, 1.165) is 26.6 Å². The molecule has 0 saturated carbocycles. The average molecular weight is 458 g/mol. The van der Waals surface area contributed by atoms with Crippen molar-refractivity contribution < 1.29 is 13.2 Å². The molecule has 0 fully saturated rings. The van der Waals surface area contributed by atoms with Crippen LogP contribution in [-0.2, 0) is 34.8 Å². The van der Waals surface area contributed by atoms with Crippen molar-refractivity contribution in [2.75, 3.05) is 14.1 Å². The molecule has 10 heteroatoms. The molecule has 0 aliphatic rings. The van der Waals surface area contributed by atoms with Crippen LogP contribution in [0.15, 0.2) is 47.4 Å². The number of thiazole rings is 1. The van der Waals surface area contributed by atoms with Crippen molar-refractivity contribution in [3.05, 3.63) is 53.3 Å². The second-order valence-electron chi connectivity index (χ2n) is 7.38. The first-order valence-corrected chi connectivity index (χ1v) is 12.0. The molecule has 0 saturated heterocycles. The molecule has 31 heavy (non-hydrogen) atoms. The number of carbonyl (C=O) groups is 1.